The number of ether oxygens (including phenoxy) is 2. The summed E-state index contributed by atoms with van der Waals surface area (Å²) in [6.45, 7) is 4.02. The van der Waals surface area contributed by atoms with Gasteiger partial charge in [-0.3, -0.25) is 4.79 Å². The molecule has 138 valence electrons. The van der Waals surface area contributed by atoms with Crippen molar-refractivity contribution in [2.45, 2.75) is 26.3 Å². The maximum Gasteiger partial charge on any atom is 0.343 e. The zero-order valence-electron chi connectivity index (χ0n) is 14.7. The maximum atomic E-state index is 13.2. The lowest BCUT2D eigenvalue weighted by Gasteiger charge is -2.23. The second-order valence-electron chi connectivity index (χ2n) is 6.39. The largest absolute Gasteiger partial charge is 0.462 e. The summed E-state index contributed by atoms with van der Waals surface area (Å²) in [5.74, 6) is -0.595. The van der Waals surface area contributed by atoms with Crippen LogP contribution < -0.4 is 5.43 Å². The van der Waals surface area contributed by atoms with Crippen molar-refractivity contribution < 1.29 is 18.7 Å². The van der Waals surface area contributed by atoms with E-state index in [1.807, 2.05) is 4.57 Å². The van der Waals surface area contributed by atoms with Crippen LogP contribution in [0.5, 0.6) is 0 Å². The van der Waals surface area contributed by atoms with Gasteiger partial charge >= 0.3 is 5.97 Å². The Morgan fingerprint density at radius 1 is 1.23 bits per heavy atom. The fourth-order valence-electron chi connectivity index (χ4n) is 3.15. The van der Waals surface area contributed by atoms with E-state index in [9.17, 15) is 14.0 Å². The molecular formula is C20H22FNO4. The van der Waals surface area contributed by atoms with E-state index in [1.54, 1.807) is 31.5 Å². The number of carbonyl (C=O) groups is 1. The molecule has 3 rings (SSSR count). The van der Waals surface area contributed by atoms with E-state index in [2.05, 4.69) is 0 Å². The first-order valence-electron chi connectivity index (χ1n) is 8.83. The molecule has 1 aliphatic rings. The van der Waals surface area contributed by atoms with Crippen LogP contribution in [0.15, 0.2) is 41.5 Å². The summed E-state index contributed by atoms with van der Waals surface area (Å²) >= 11 is 0. The summed E-state index contributed by atoms with van der Waals surface area (Å²) < 4.78 is 25.5. The molecule has 5 nitrogen and oxygen atoms in total. The second kappa shape index (κ2) is 8.27. The van der Waals surface area contributed by atoms with Crippen LogP contribution in [-0.4, -0.2) is 30.4 Å². The minimum atomic E-state index is -0.637. The summed E-state index contributed by atoms with van der Waals surface area (Å²) in [6, 6.07) is 5.68. The van der Waals surface area contributed by atoms with Crippen molar-refractivity contribution in [1.82, 2.24) is 4.57 Å². The van der Waals surface area contributed by atoms with E-state index < -0.39 is 11.4 Å². The number of hydrogen-bond donors (Lipinski definition) is 0. The number of hydrogen-bond acceptors (Lipinski definition) is 4. The average Bonchev–Trinajstić information content (AvgIpc) is 2.65. The van der Waals surface area contributed by atoms with Crippen molar-refractivity contribution >= 4 is 5.97 Å². The van der Waals surface area contributed by atoms with Gasteiger partial charge in [-0.1, -0.05) is 12.1 Å². The maximum absolute atomic E-state index is 13.2. The van der Waals surface area contributed by atoms with Crippen LogP contribution in [0.4, 0.5) is 4.39 Å². The van der Waals surface area contributed by atoms with Crippen molar-refractivity contribution in [2.75, 3.05) is 19.8 Å². The van der Waals surface area contributed by atoms with E-state index >= 15 is 0 Å². The summed E-state index contributed by atoms with van der Waals surface area (Å²) in [6.07, 6.45) is 5.16. The molecule has 0 radical (unpaired) electrons. The Balaban J connectivity index is 2.02. The number of benzene rings is 1. The topological polar surface area (TPSA) is 57.5 Å². The van der Waals surface area contributed by atoms with Gasteiger partial charge in [0.1, 0.15) is 11.4 Å². The molecule has 2 aromatic rings. The summed E-state index contributed by atoms with van der Waals surface area (Å²) in [4.78, 5) is 25.0. The van der Waals surface area contributed by atoms with Gasteiger partial charge in [0.15, 0.2) is 0 Å². The van der Waals surface area contributed by atoms with E-state index in [4.69, 9.17) is 9.47 Å². The molecule has 1 aliphatic heterocycles. The molecule has 6 heteroatoms. The highest BCUT2D eigenvalue weighted by Crippen LogP contribution is 2.20. The van der Waals surface area contributed by atoms with E-state index in [-0.39, 0.29) is 18.0 Å². The van der Waals surface area contributed by atoms with Gasteiger partial charge in [-0.25, -0.2) is 9.18 Å². The lowest BCUT2D eigenvalue weighted by atomic mass is 9.99. The van der Waals surface area contributed by atoms with Crippen LogP contribution in [0.3, 0.4) is 0 Å². The van der Waals surface area contributed by atoms with Crippen LogP contribution in [0.1, 0.15) is 30.1 Å². The smallest absolute Gasteiger partial charge is 0.343 e. The predicted molar refractivity (Wildman–Crippen MR) is 95.6 cm³/mol. The van der Waals surface area contributed by atoms with Crippen molar-refractivity contribution in [3.63, 3.8) is 0 Å². The third-order valence-corrected chi connectivity index (χ3v) is 4.54. The molecular weight excluding hydrogens is 337 g/mol. The monoisotopic (exact) mass is 359 g/mol. The molecule has 1 saturated heterocycles. The number of aromatic nitrogens is 1. The van der Waals surface area contributed by atoms with Crippen LogP contribution in [-0.2, 0) is 16.0 Å². The quantitative estimate of drug-likeness (QED) is 0.769. The van der Waals surface area contributed by atoms with E-state index in [0.717, 1.165) is 26.1 Å². The average molecular weight is 359 g/mol. The number of esters is 1. The Labute approximate surface area is 151 Å². The van der Waals surface area contributed by atoms with Crippen LogP contribution in [0, 0.1) is 11.7 Å². The Bertz CT molecular complexity index is 823. The van der Waals surface area contributed by atoms with Crippen LogP contribution >= 0.6 is 0 Å². The summed E-state index contributed by atoms with van der Waals surface area (Å²) in [5, 5.41) is 0. The van der Waals surface area contributed by atoms with Crippen molar-refractivity contribution in [3.05, 3.63) is 58.3 Å². The third-order valence-electron chi connectivity index (χ3n) is 4.54. The molecule has 1 fully saturated rings. The zero-order chi connectivity index (χ0) is 18.5. The number of rotatable bonds is 5. The van der Waals surface area contributed by atoms with E-state index in [0.29, 0.717) is 23.6 Å². The molecule has 1 aromatic heterocycles. The summed E-state index contributed by atoms with van der Waals surface area (Å²) in [7, 11) is 0. The first kappa shape index (κ1) is 18.3. The minimum absolute atomic E-state index is 0.000680. The van der Waals surface area contributed by atoms with Crippen molar-refractivity contribution in [1.29, 1.82) is 0 Å². The molecule has 0 atom stereocenters. The lowest BCUT2D eigenvalue weighted by Crippen LogP contribution is -2.25. The number of halogens is 1. The molecule has 26 heavy (non-hydrogen) atoms. The van der Waals surface area contributed by atoms with Gasteiger partial charge in [0, 0.05) is 37.7 Å². The first-order valence-corrected chi connectivity index (χ1v) is 8.83. The molecule has 0 N–H and O–H groups in total. The van der Waals surface area contributed by atoms with Gasteiger partial charge in [-0.05, 0) is 43.4 Å². The highest BCUT2D eigenvalue weighted by Gasteiger charge is 2.19. The fourth-order valence-corrected chi connectivity index (χ4v) is 3.15. The number of pyridine rings is 1. The van der Waals surface area contributed by atoms with Gasteiger partial charge in [0.2, 0.25) is 5.43 Å². The molecule has 0 saturated carbocycles. The van der Waals surface area contributed by atoms with Gasteiger partial charge in [-0.15, -0.1) is 0 Å². The predicted octanol–water partition coefficient (Wildman–Crippen LogP) is 3.26. The Hall–Kier alpha value is -2.47. The fraction of sp³-hybridized carbons (Fsp3) is 0.400. The molecule has 0 spiro atoms. The molecule has 0 unspecified atom stereocenters. The molecule has 0 bridgehead atoms. The van der Waals surface area contributed by atoms with Crippen LogP contribution in [0.25, 0.3) is 11.1 Å². The van der Waals surface area contributed by atoms with Crippen LogP contribution in [0.2, 0.25) is 0 Å². The third kappa shape index (κ3) is 4.19. The van der Waals surface area contributed by atoms with Gasteiger partial charge < -0.3 is 14.0 Å². The lowest BCUT2D eigenvalue weighted by molar-refractivity contribution is 0.0520. The molecule has 0 aliphatic carbocycles. The van der Waals surface area contributed by atoms with Gasteiger partial charge in [0.05, 0.1) is 6.61 Å². The minimum Gasteiger partial charge on any atom is -0.462 e. The van der Waals surface area contributed by atoms with Crippen molar-refractivity contribution in [2.24, 2.45) is 5.92 Å². The Morgan fingerprint density at radius 2 is 1.92 bits per heavy atom. The van der Waals surface area contributed by atoms with Gasteiger partial charge in [-0.2, -0.15) is 0 Å². The highest BCUT2D eigenvalue weighted by molar-refractivity contribution is 5.90. The Morgan fingerprint density at radius 3 is 2.58 bits per heavy atom. The zero-order valence-corrected chi connectivity index (χ0v) is 14.7. The van der Waals surface area contributed by atoms with E-state index in [1.165, 1.54) is 12.1 Å². The SMILES string of the molecule is CCOC(=O)c1cn(CC2CCOCC2)cc(-c2ccc(F)cc2)c1=O. The first-order chi connectivity index (χ1) is 12.6. The highest BCUT2D eigenvalue weighted by atomic mass is 19.1. The molecule has 1 aromatic carbocycles. The summed E-state index contributed by atoms with van der Waals surface area (Å²) in [5.41, 5.74) is 0.532. The Kier molecular flexibility index (Phi) is 5.83. The molecule has 0 amide bonds. The normalized spacial score (nSPS) is 15.0. The van der Waals surface area contributed by atoms with Crippen molar-refractivity contribution in [3.8, 4) is 11.1 Å². The standard InChI is InChI=1S/C20H22FNO4/c1-2-26-20(24)18-13-22(11-14-7-9-25-10-8-14)12-17(19(18)23)15-3-5-16(21)6-4-15/h3-6,12-14H,2,7-11H2,1H3. The number of carbonyl (C=O) groups excluding carboxylic acids is 1. The van der Waals surface area contributed by atoms with Gasteiger partial charge in [0.25, 0.3) is 0 Å². The second-order valence-corrected chi connectivity index (χ2v) is 6.39. The number of nitrogens with zero attached hydrogens (tertiary/aromatic N) is 1. The molecule has 2 heterocycles.